The Morgan fingerprint density at radius 3 is 2.73 bits per heavy atom. The molecule has 2 aromatic heterocycles. The van der Waals surface area contributed by atoms with E-state index in [1.54, 1.807) is 12.7 Å². The molecule has 0 N–H and O–H groups in total. The molecule has 118 valence electrons. The van der Waals surface area contributed by atoms with Gasteiger partial charge in [-0.2, -0.15) is 5.10 Å². The fourth-order valence-electron chi connectivity index (χ4n) is 3.34. The summed E-state index contributed by atoms with van der Waals surface area (Å²) in [5.74, 6) is 0.691. The first-order chi connectivity index (χ1) is 10.8. The summed E-state index contributed by atoms with van der Waals surface area (Å²) in [5, 5.41) is 12.9. The molecule has 3 heterocycles. The largest absolute Gasteiger partial charge is 0.299 e. The van der Waals surface area contributed by atoms with Crippen LogP contribution in [0.15, 0.2) is 18.9 Å². The number of rotatable bonds is 5. The molecule has 0 radical (unpaired) electrons. The number of hydrogen-bond acceptors (Lipinski definition) is 5. The van der Waals surface area contributed by atoms with Gasteiger partial charge in [0.15, 0.2) is 0 Å². The fourth-order valence-corrected chi connectivity index (χ4v) is 3.34. The normalized spacial score (nSPS) is 22.0. The first-order valence-electron chi connectivity index (χ1n) is 8.28. The van der Waals surface area contributed by atoms with Crippen LogP contribution in [0.25, 0.3) is 0 Å². The molecule has 1 aliphatic heterocycles. The Morgan fingerprint density at radius 2 is 2.05 bits per heavy atom. The van der Waals surface area contributed by atoms with Crippen LogP contribution in [0.3, 0.4) is 0 Å². The Morgan fingerprint density at radius 1 is 1.23 bits per heavy atom. The molecule has 1 atom stereocenters. The van der Waals surface area contributed by atoms with Crippen molar-refractivity contribution < 1.29 is 0 Å². The Labute approximate surface area is 130 Å². The molecule has 1 unspecified atom stereocenters. The molecule has 7 heteroatoms. The van der Waals surface area contributed by atoms with Gasteiger partial charge in [-0.05, 0) is 32.6 Å². The van der Waals surface area contributed by atoms with Crippen LogP contribution in [0.5, 0.6) is 0 Å². The first-order valence-corrected chi connectivity index (χ1v) is 8.28. The minimum Gasteiger partial charge on any atom is -0.299 e. The maximum Gasteiger partial charge on any atom is 0.137 e. The summed E-state index contributed by atoms with van der Waals surface area (Å²) in [5.41, 5.74) is 1.20. The zero-order valence-corrected chi connectivity index (χ0v) is 13.0. The van der Waals surface area contributed by atoms with E-state index in [0.717, 1.165) is 32.5 Å². The first kappa shape index (κ1) is 13.9. The van der Waals surface area contributed by atoms with Crippen molar-refractivity contribution >= 4 is 0 Å². The van der Waals surface area contributed by atoms with Crippen LogP contribution in [-0.4, -0.2) is 53.8 Å². The van der Waals surface area contributed by atoms with Crippen LogP contribution in [-0.2, 0) is 6.54 Å². The molecule has 0 bridgehead atoms. The molecule has 2 aromatic rings. The molecule has 2 fully saturated rings. The van der Waals surface area contributed by atoms with Gasteiger partial charge >= 0.3 is 0 Å². The number of hydrogen-bond donors (Lipinski definition) is 0. The van der Waals surface area contributed by atoms with Crippen molar-refractivity contribution in [3.8, 4) is 0 Å². The van der Waals surface area contributed by atoms with Gasteiger partial charge in [0.1, 0.15) is 12.7 Å². The Kier molecular flexibility index (Phi) is 3.65. The van der Waals surface area contributed by atoms with Gasteiger partial charge in [-0.25, -0.2) is 9.67 Å². The SMILES string of the molecule is CC(Cn1cncn1)N1CCC(n2cc(C3CC3)nn2)CC1. The van der Waals surface area contributed by atoms with Crippen molar-refractivity contribution in [1.29, 1.82) is 0 Å². The highest BCUT2D eigenvalue weighted by Gasteiger charge is 2.29. The second-order valence-electron chi connectivity index (χ2n) is 6.63. The minimum absolute atomic E-state index is 0.487. The Balaban J connectivity index is 1.31. The van der Waals surface area contributed by atoms with Crippen LogP contribution in [0.2, 0.25) is 0 Å². The van der Waals surface area contributed by atoms with Crippen LogP contribution in [0, 0.1) is 0 Å². The molecule has 2 aliphatic rings. The second kappa shape index (κ2) is 5.79. The molecule has 7 nitrogen and oxygen atoms in total. The zero-order chi connectivity index (χ0) is 14.9. The van der Waals surface area contributed by atoms with Gasteiger partial charge < -0.3 is 0 Å². The van der Waals surface area contributed by atoms with Crippen LogP contribution < -0.4 is 0 Å². The molecule has 0 aromatic carbocycles. The van der Waals surface area contributed by atoms with Crippen molar-refractivity contribution in [1.82, 2.24) is 34.7 Å². The van der Waals surface area contributed by atoms with E-state index in [0.29, 0.717) is 18.0 Å². The lowest BCUT2D eigenvalue weighted by Gasteiger charge is -2.35. The van der Waals surface area contributed by atoms with E-state index in [9.17, 15) is 0 Å². The van der Waals surface area contributed by atoms with Gasteiger partial charge in [-0.1, -0.05) is 5.21 Å². The molecule has 0 spiro atoms. The highest BCUT2D eigenvalue weighted by molar-refractivity contribution is 5.09. The van der Waals surface area contributed by atoms with Gasteiger partial charge in [-0.15, -0.1) is 5.10 Å². The average Bonchev–Trinajstić information content (AvgIpc) is 3.06. The maximum atomic E-state index is 4.36. The van der Waals surface area contributed by atoms with Crippen molar-refractivity contribution in [2.75, 3.05) is 13.1 Å². The van der Waals surface area contributed by atoms with Crippen molar-refractivity contribution in [2.45, 2.75) is 57.2 Å². The topological polar surface area (TPSA) is 64.7 Å². The molecular weight excluding hydrogens is 278 g/mol. The highest BCUT2D eigenvalue weighted by Crippen LogP contribution is 2.39. The van der Waals surface area contributed by atoms with Gasteiger partial charge in [0, 0.05) is 31.2 Å². The summed E-state index contributed by atoms with van der Waals surface area (Å²) in [6, 6.07) is 0.996. The summed E-state index contributed by atoms with van der Waals surface area (Å²) < 4.78 is 4.02. The molecule has 22 heavy (non-hydrogen) atoms. The summed E-state index contributed by atoms with van der Waals surface area (Å²) >= 11 is 0. The minimum atomic E-state index is 0.487. The number of nitrogens with zero attached hydrogens (tertiary/aromatic N) is 7. The molecule has 1 saturated heterocycles. The number of aromatic nitrogens is 6. The molecule has 1 aliphatic carbocycles. The summed E-state index contributed by atoms with van der Waals surface area (Å²) in [7, 11) is 0. The average molecular weight is 301 g/mol. The summed E-state index contributed by atoms with van der Waals surface area (Å²) in [6.07, 6.45) is 10.4. The van der Waals surface area contributed by atoms with Gasteiger partial charge in [-0.3, -0.25) is 9.58 Å². The van der Waals surface area contributed by atoms with Crippen LogP contribution >= 0.6 is 0 Å². The zero-order valence-electron chi connectivity index (χ0n) is 13.0. The predicted molar refractivity (Wildman–Crippen MR) is 81.3 cm³/mol. The van der Waals surface area contributed by atoms with Crippen molar-refractivity contribution in [3.05, 3.63) is 24.5 Å². The Bertz CT molecular complexity index is 593. The molecule has 1 saturated carbocycles. The van der Waals surface area contributed by atoms with E-state index in [1.165, 1.54) is 18.5 Å². The monoisotopic (exact) mass is 301 g/mol. The standard InChI is InChI=1S/C15H23N7/c1-12(8-21-11-16-10-17-21)20-6-4-14(5-7-20)22-9-15(18-19-22)13-2-3-13/h9-14H,2-8H2,1H3. The molecular formula is C15H23N7. The van der Waals surface area contributed by atoms with Crippen molar-refractivity contribution in [3.63, 3.8) is 0 Å². The Hall–Kier alpha value is -1.76. The lowest BCUT2D eigenvalue weighted by Crippen LogP contribution is -2.42. The smallest absolute Gasteiger partial charge is 0.137 e. The van der Waals surface area contributed by atoms with E-state index in [1.807, 2.05) is 4.68 Å². The maximum absolute atomic E-state index is 4.36. The van der Waals surface area contributed by atoms with E-state index in [-0.39, 0.29) is 0 Å². The van der Waals surface area contributed by atoms with E-state index >= 15 is 0 Å². The van der Waals surface area contributed by atoms with Crippen LogP contribution in [0.1, 0.15) is 50.3 Å². The van der Waals surface area contributed by atoms with Gasteiger partial charge in [0.25, 0.3) is 0 Å². The third-order valence-electron chi connectivity index (χ3n) is 4.94. The second-order valence-corrected chi connectivity index (χ2v) is 6.63. The number of piperidine rings is 1. The van der Waals surface area contributed by atoms with Crippen molar-refractivity contribution in [2.24, 2.45) is 0 Å². The number of likely N-dealkylation sites (tertiary alicyclic amines) is 1. The molecule has 4 rings (SSSR count). The van der Waals surface area contributed by atoms with E-state index in [4.69, 9.17) is 0 Å². The predicted octanol–water partition coefficient (Wildman–Crippen LogP) is 1.47. The van der Waals surface area contributed by atoms with E-state index < -0.39 is 0 Å². The van der Waals surface area contributed by atoms with Gasteiger partial charge in [0.05, 0.1) is 18.3 Å². The third-order valence-corrected chi connectivity index (χ3v) is 4.94. The lowest BCUT2D eigenvalue weighted by atomic mass is 10.0. The molecule has 0 amide bonds. The lowest BCUT2D eigenvalue weighted by molar-refractivity contribution is 0.125. The van der Waals surface area contributed by atoms with Gasteiger partial charge in [0.2, 0.25) is 0 Å². The fraction of sp³-hybridized carbons (Fsp3) is 0.733. The summed E-state index contributed by atoms with van der Waals surface area (Å²) in [6.45, 7) is 5.39. The summed E-state index contributed by atoms with van der Waals surface area (Å²) in [4.78, 5) is 6.55. The quantitative estimate of drug-likeness (QED) is 0.837. The van der Waals surface area contributed by atoms with E-state index in [2.05, 4.69) is 43.1 Å². The van der Waals surface area contributed by atoms with Crippen LogP contribution in [0.4, 0.5) is 0 Å². The highest BCUT2D eigenvalue weighted by atomic mass is 15.4. The third kappa shape index (κ3) is 2.90.